The van der Waals surface area contributed by atoms with Crippen LogP contribution in [0.3, 0.4) is 0 Å². The molecule has 39 heavy (non-hydrogen) atoms. The van der Waals surface area contributed by atoms with E-state index in [9.17, 15) is 4.79 Å². The van der Waals surface area contributed by atoms with Gasteiger partial charge in [0.25, 0.3) is 5.91 Å². The maximum atomic E-state index is 12.6. The molecule has 5 aromatic rings. The molecule has 0 aliphatic rings. The summed E-state index contributed by atoms with van der Waals surface area (Å²) in [5, 5.41) is 14.1. The summed E-state index contributed by atoms with van der Waals surface area (Å²) in [6, 6.07) is 32.4. The van der Waals surface area contributed by atoms with Gasteiger partial charge < -0.3 is 4.74 Å². The molecule has 0 saturated heterocycles. The number of benzene rings is 4. The molecule has 9 heteroatoms. The number of aromatic nitrogens is 3. The summed E-state index contributed by atoms with van der Waals surface area (Å²) >= 11 is 7.38. The van der Waals surface area contributed by atoms with Gasteiger partial charge in [-0.2, -0.15) is 5.10 Å². The van der Waals surface area contributed by atoms with E-state index in [-0.39, 0.29) is 11.7 Å². The molecule has 0 aliphatic carbocycles. The molecule has 0 unspecified atom stereocenters. The highest BCUT2D eigenvalue weighted by Gasteiger charge is 2.17. The highest BCUT2D eigenvalue weighted by atomic mass is 35.5. The lowest BCUT2D eigenvalue weighted by atomic mass is 10.1. The van der Waals surface area contributed by atoms with Crippen molar-refractivity contribution in [1.29, 1.82) is 0 Å². The van der Waals surface area contributed by atoms with Crippen LogP contribution in [0.1, 0.15) is 11.1 Å². The van der Waals surface area contributed by atoms with Crippen LogP contribution in [0.4, 0.5) is 0 Å². The van der Waals surface area contributed by atoms with E-state index in [2.05, 4.69) is 20.7 Å². The zero-order chi connectivity index (χ0) is 27.0. The number of amides is 1. The Balaban J connectivity index is 1.25. The van der Waals surface area contributed by atoms with Crippen molar-refractivity contribution in [3.8, 4) is 28.6 Å². The number of aryl methyl sites for hydroxylation is 1. The number of hydrazone groups is 1. The van der Waals surface area contributed by atoms with Gasteiger partial charge in [-0.1, -0.05) is 83.5 Å². The van der Waals surface area contributed by atoms with E-state index in [0.717, 1.165) is 28.1 Å². The van der Waals surface area contributed by atoms with Gasteiger partial charge in [0.05, 0.1) is 12.0 Å². The number of rotatable bonds is 9. The number of carbonyl (C=O) groups is 1. The largest absolute Gasteiger partial charge is 0.457 e. The Bertz CT molecular complexity index is 1590. The van der Waals surface area contributed by atoms with E-state index in [1.807, 2.05) is 115 Å². The van der Waals surface area contributed by atoms with Gasteiger partial charge in [0.15, 0.2) is 11.0 Å². The van der Waals surface area contributed by atoms with Crippen molar-refractivity contribution >= 4 is 35.5 Å². The molecule has 0 saturated carbocycles. The van der Waals surface area contributed by atoms with Crippen molar-refractivity contribution in [1.82, 2.24) is 20.2 Å². The number of carbonyl (C=O) groups excluding carboxylic acids is 1. The summed E-state index contributed by atoms with van der Waals surface area (Å²) in [4.78, 5) is 12.6. The Morgan fingerprint density at radius 3 is 2.46 bits per heavy atom. The SMILES string of the molecule is Cc1ccc(-c2nnc(SCC(=O)NN=Cc3cccc(Oc4ccccc4)c3)n2-c2ccc(Cl)cc2)cc1. The fourth-order valence-electron chi connectivity index (χ4n) is 3.70. The zero-order valence-corrected chi connectivity index (χ0v) is 22.6. The standard InChI is InChI=1S/C30H24ClN5O2S/c1-21-10-12-23(13-11-21)29-34-35-30(36(29)25-16-14-24(31)15-17-25)39-20-28(37)33-32-19-22-6-5-9-27(18-22)38-26-7-3-2-4-8-26/h2-19H,20H2,1H3,(H,33,37). The summed E-state index contributed by atoms with van der Waals surface area (Å²) in [6.45, 7) is 2.03. The lowest BCUT2D eigenvalue weighted by Crippen LogP contribution is -2.20. The molecular formula is C30H24ClN5O2S. The zero-order valence-electron chi connectivity index (χ0n) is 21.0. The van der Waals surface area contributed by atoms with Gasteiger partial charge in [0, 0.05) is 16.3 Å². The van der Waals surface area contributed by atoms with Gasteiger partial charge in [0.1, 0.15) is 11.5 Å². The highest BCUT2D eigenvalue weighted by molar-refractivity contribution is 7.99. The first-order valence-corrected chi connectivity index (χ1v) is 13.5. The van der Waals surface area contributed by atoms with Crippen LogP contribution in [0, 0.1) is 6.92 Å². The summed E-state index contributed by atoms with van der Waals surface area (Å²) in [7, 11) is 0. The van der Waals surface area contributed by atoms with Crippen LogP contribution in [-0.2, 0) is 4.79 Å². The Labute approximate surface area is 235 Å². The topological polar surface area (TPSA) is 81.4 Å². The molecule has 1 N–H and O–H groups in total. The molecule has 0 bridgehead atoms. The number of para-hydroxylation sites is 1. The van der Waals surface area contributed by atoms with Crippen LogP contribution >= 0.6 is 23.4 Å². The van der Waals surface area contributed by atoms with Crippen molar-refractivity contribution in [2.75, 3.05) is 5.75 Å². The average molecular weight is 554 g/mol. The van der Waals surface area contributed by atoms with E-state index >= 15 is 0 Å². The van der Waals surface area contributed by atoms with Gasteiger partial charge in [0.2, 0.25) is 0 Å². The lowest BCUT2D eigenvalue weighted by Gasteiger charge is -2.10. The quantitative estimate of drug-likeness (QED) is 0.122. The summed E-state index contributed by atoms with van der Waals surface area (Å²) in [5.74, 6) is 1.94. The second-order valence-electron chi connectivity index (χ2n) is 8.55. The fraction of sp³-hybridized carbons (Fsp3) is 0.0667. The minimum absolute atomic E-state index is 0.105. The molecule has 0 spiro atoms. The van der Waals surface area contributed by atoms with Crippen molar-refractivity contribution in [2.45, 2.75) is 12.1 Å². The van der Waals surface area contributed by atoms with Crippen molar-refractivity contribution < 1.29 is 9.53 Å². The van der Waals surface area contributed by atoms with Crippen molar-refractivity contribution in [3.05, 3.63) is 119 Å². The molecule has 1 amide bonds. The van der Waals surface area contributed by atoms with Crippen molar-refractivity contribution in [3.63, 3.8) is 0 Å². The van der Waals surface area contributed by atoms with Gasteiger partial charge in [-0.3, -0.25) is 9.36 Å². The second kappa shape index (κ2) is 12.4. The predicted molar refractivity (Wildman–Crippen MR) is 156 cm³/mol. The number of hydrogen-bond donors (Lipinski definition) is 1. The summed E-state index contributed by atoms with van der Waals surface area (Å²) in [5.41, 5.74) is 6.29. The molecule has 5 rings (SSSR count). The van der Waals surface area contributed by atoms with Crippen LogP contribution in [0.25, 0.3) is 17.1 Å². The number of hydrogen-bond acceptors (Lipinski definition) is 6. The fourth-order valence-corrected chi connectivity index (χ4v) is 4.57. The minimum Gasteiger partial charge on any atom is -0.457 e. The molecule has 0 fully saturated rings. The summed E-state index contributed by atoms with van der Waals surface area (Å²) < 4.78 is 7.77. The number of ether oxygens (including phenoxy) is 1. The highest BCUT2D eigenvalue weighted by Crippen LogP contribution is 2.29. The van der Waals surface area contributed by atoms with Crippen molar-refractivity contribution in [2.24, 2.45) is 5.10 Å². The number of nitrogens with zero attached hydrogens (tertiary/aromatic N) is 4. The normalized spacial score (nSPS) is 11.0. The van der Waals surface area contributed by atoms with Gasteiger partial charge in [-0.15, -0.1) is 10.2 Å². The van der Waals surface area contributed by atoms with Crippen LogP contribution in [0.15, 0.2) is 113 Å². The van der Waals surface area contributed by atoms with Crippen LogP contribution in [0.2, 0.25) is 5.02 Å². The number of nitrogens with one attached hydrogen (secondary N) is 1. The van der Waals surface area contributed by atoms with Gasteiger partial charge in [-0.25, -0.2) is 5.43 Å². The predicted octanol–water partition coefficient (Wildman–Crippen LogP) is 6.93. The van der Waals surface area contributed by atoms with Crippen LogP contribution < -0.4 is 10.2 Å². The van der Waals surface area contributed by atoms with Gasteiger partial charge in [-0.05, 0) is 61.0 Å². The lowest BCUT2D eigenvalue weighted by molar-refractivity contribution is -0.118. The van der Waals surface area contributed by atoms with E-state index in [1.54, 1.807) is 6.21 Å². The molecule has 0 atom stereocenters. The third kappa shape index (κ3) is 6.93. The Morgan fingerprint density at radius 1 is 0.949 bits per heavy atom. The first-order chi connectivity index (χ1) is 19.0. The van der Waals surface area contributed by atoms with Crippen LogP contribution in [-0.4, -0.2) is 32.6 Å². The van der Waals surface area contributed by atoms with E-state index in [4.69, 9.17) is 16.3 Å². The molecule has 4 aromatic carbocycles. The molecule has 1 heterocycles. The van der Waals surface area contributed by atoms with Gasteiger partial charge >= 0.3 is 0 Å². The second-order valence-corrected chi connectivity index (χ2v) is 9.93. The number of thioether (sulfide) groups is 1. The first kappa shape index (κ1) is 26.2. The molecule has 194 valence electrons. The average Bonchev–Trinajstić information content (AvgIpc) is 3.37. The van der Waals surface area contributed by atoms with E-state index in [1.165, 1.54) is 11.8 Å². The van der Waals surface area contributed by atoms with E-state index in [0.29, 0.717) is 21.8 Å². The maximum absolute atomic E-state index is 12.6. The molecule has 7 nitrogen and oxygen atoms in total. The maximum Gasteiger partial charge on any atom is 0.250 e. The molecule has 0 aliphatic heterocycles. The first-order valence-electron chi connectivity index (χ1n) is 12.1. The molecular weight excluding hydrogens is 530 g/mol. The molecule has 1 aromatic heterocycles. The smallest absolute Gasteiger partial charge is 0.250 e. The Morgan fingerprint density at radius 2 is 1.69 bits per heavy atom. The van der Waals surface area contributed by atoms with Crippen LogP contribution in [0.5, 0.6) is 11.5 Å². The minimum atomic E-state index is -0.268. The molecule has 0 radical (unpaired) electrons. The monoisotopic (exact) mass is 553 g/mol. The Kier molecular flexibility index (Phi) is 8.36. The third-order valence-corrected chi connectivity index (χ3v) is 6.78. The number of halogens is 1. The van der Waals surface area contributed by atoms with E-state index < -0.39 is 0 Å². The third-order valence-electron chi connectivity index (χ3n) is 5.60. The summed E-state index contributed by atoms with van der Waals surface area (Å²) in [6.07, 6.45) is 1.58. The Hall–Kier alpha value is -4.40.